The third-order valence-electron chi connectivity index (χ3n) is 2.86. The van der Waals surface area contributed by atoms with E-state index in [2.05, 4.69) is 10.3 Å². The number of hydrogen-bond donors (Lipinski definition) is 2. The molecule has 1 heterocycles. The molecule has 3 N–H and O–H groups in total. The van der Waals surface area contributed by atoms with Crippen molar-refractivity contribution >= 4 is 11.5 Å². The van der Waals surface area contributed by atoms with Crippen molar-refractivity contribution in [1.29, 1.82) is 0 Å². The van der Waals surface area contributed by atoms with Crippen LogP contribution in [-0.4, -0.2) is 12.1 Å². The number of pyridine rings is 1. The molecule has 0 aliphatic heterocycles. The average molecular weight is 297 g/mol. The fraction of sp³-hybridized carbons (Fsp3) is 0.214. The Balaban J connectivity index is 2.01. The summed E-state index contributed by atoms with van der Waals surface area (Å²) in [5, 5.41) is 2.93. The van der Waals surface area contributed by atoms with Crippen molar-refractivity contribution in [3.05, 3.63) is 47.7 Å². The Labute approximate surface area is 119 Å². The number of nitrogens with zero attached hydrogens (tertiary/aromatic N) is 1. The van der Waals surface area contributed by atoms with Gasteiger partial charge < -0.3 is 15.8 Å². The van der Waals surface area contributed by atoms with Gasteiger partial charge in [-0.1, -0.05) is 6.07 Å². The molecule has 0 bridgehead atoms. The third kappa shape index (κ3) is 3.77. The van der Waals surface area contributed by atoms with Crippen LogP contribution in [0.5, 0.6) is 5.75 Å². The smallest absolute Gasteiger partial charge is 0.417 e. The molecule has 112 valence electrons. The molecule has 0 atom stereocenters. The predicted molar refractivity (Wildman–Crippen MR) is 74.0 cm³/mol. The molecule has 0 fully saturated rings. The summed E-state index contributed by atoms with van der Waals surface area (Å²) in [5.74, 6) is 0.934. The number of nitrogen functional groups attached to an aromatic ring is 1. The van der Waals surface area contributed by atoms with E-state index in [-0.39, 0.29) is 0 Å². The van der Waals surface area contributed by atoms with E-state index < -0.39 is 11.7 Å². The average Bonchev–Trinajstić information content (AvgIpc) is 2.45. The molecule has 21 heavy (non-hydrogen) atoms. The van der Waals surface area contributed by atoms with E-state index in [0.717, 1.165) is 17.8 Å². The fourth-order valence-electron chi connectivity index (χ4n) is 1.75. The van der Waals surface area contributed by atoms with Gasteiger partial charge >= 0.3 is 6.18 Å². The number of aromatic nitrogens is 1. The number of rotatable bonds is 4. The molecule has 0 radical (unpaired) electrons. The number of ether oxygens (including phenoxy) is 1. The quantitative estimate of drug-likeness (QED) is 0.850. The number of benzene rings is 1. The molecular weight excluding hydrogens is 283 g/mol. The Morgan fingerprint density at radius 3 is 2.52 bits per heavy atom. The highest BCUT2D eigenvalue weighted by molar-refractivity contribution is 5.54. The summed E-state index contributed by atoms with van der Waals surface area (Å²) in [5.41, 5.74) is 6.37. The van der Waals surface area contributed by atoms with Gasteiger partial charge in [-0.3, -0.25) is 0 Å². The van der Waals surface area contributed by atoms with Crippen LogP contribution in [0.3, 0.4) is 0 Å². The van der Waals surface area contributed by atoms with Gasteiger partial charge in [-0.2, -0.15) is 13.2 Å². The lowest BCUT2D eigenvalue weighted by Gasteiger charge is -2.10. The zero-order chi connectivity index (χ0) is 15.5. The number of alkyl halides is 3. The molecule has 1 aromatic carbocycles. The second kappa shape index (κ2) is 5.90. The van der Waals surface area contributed by atoms with Crippen molar-refractivity contribution in [1.82, 2.24) is 4.98 Å². The third-order valence-corrected chi connectivity index (χ3v) is 2.86. The second-order valence-electron chi connectivity index (χ2n) is 4.36. The lowest BCUT2D eigenvalue weighted by atomic mass is 10.2. The monoisotopic (exact) mass is 297 g/mol. The maximum Gasteiger partial charge on any atom is 0.417 e. The van der Waals surface area contributed by atoms with Crippen LogP contribution in [0, 0.1) is 0 Å². The maximum atomic E-state index is 12.4. The Hall–Kier alpha value is -2.44. The minimum absolute atomic E-state index is 0.359. The molecule has 0 saturated carbocycles. The van der Waals surface area contributed by atoms with E-state index in [4.69, 9.17) is 10.5 Å². The predicted octanol–water partition coefficient (Wildman–Crippen LogP) is 3.30. The Morgan fingerprint density at radius 1 is 1.24 bits per heavy atom. The van der Waals surface area contributed by atoms with Gasteiger partial charge in [0.15, 0.2) is 0 Å². The van der Waals surface area contributed by atoms with Gasteiger partial charge in [0.1, 0.15) is 11.6 Å². The second-order valence-corrected chi connectivity index (χ2v) is 4.36. The maximum absolute atomic E-state index is 12.4. The number of nitrogens with two attached hydrogens (primary N) is 1. The highest BCUT2D eigenvalue weighted by Gasteiger charge is 2.30. The van der Waals surface area contributed by atoms with E-state index in [1.54, 1.807) is 12.1 Å². The summed E-state index contributed by atoms with van der Waals surface area (Å²) in [6.07, 6.45) is -3.58. The molecule has 0 spiro atoms. The first-order valence-electron chi connectivity index (χ1n) is 6.09. The van der Waals surface area contributed by atoms with Crippen LogP contribution in [-0.2, 0) is 12.7 Å². The SMILES string of the molecule is COc1ccc(CNc2ccc(C(F)(F)F)cn2)cc1N. The van der Waals surface area contributed by atoms with Gasteiger partial charge in [-0.05, 0) is 29.8 Å². The first kappa shape index (κ1) is 15.0. The van der Waals surface area contributed by atoms with Crippen molar-refractivity contribution in [2.24, 2.45) is 0 Å². The number of methoxy groups -OCH3 is 1. The van der Waals surface area contributed by atoms with Crippen LogP contribution in [0.25, 0.3) is 0 Å². The van der Waals surface area contributed by atoms with E-state index in [1.807, 2.05) is 6.07 Å². The van der Waals surface area contributed by atoms with Crippen molar-refractivity contribution in [2.75, 3.05) is 18.2 Å². The molecule has 4 nitrogen and oxygen atoms in total. The molecular formula is C14H14F3N3O. The highest BCUT2D eigenvalue weighted by Crippen LogP contribution is 2.29. The summed E-state index contributed by atoms with van der Waals surface area (Å²) in [6.45, 7) is 0.395. The van der Waals surface area contributed by atoms with Crippen molar-refractivity contribution in [3.8, 4) is 5.75 Å². The van der Waals surface area contributed by atoms with Crippen molar-refractivity contribution in [3.63, 3.8) is 0 Å². The molecule has 0 aliphatic rings. The highest BCUT2D eigenvalue weighted by atomic mass is 19.4. The molecule has 2 aromatic rings. The summed E-state index contributed by atoms with van der Waals surface area (Å²) in [4.78, 5) is 3.73. The van der Waals surface area contributed by atoms with Crippen LogP contribution >= 0.6 is 0 Å². The number of anilines is 2. The van der Waals surface area contributed by atoms with Crippen LogP contribution in [0.2, 0.25) is 0 Å². The largest absolute Gasteiger partial charge is 0.495 e. The molecule has 0 unspecified atom stereocenters. The molecule has 0 aliphatic carbocycles. The first-order chi connectivity index (χ1) is 9.90. The topological polar surface area (TPSA) is 60.2 Å². The van der Waals surface area contributed by atoms with Crippen LogP contribution < -0.4 is 15.8 Å². The number of hydrogen-bond acceptors (Lipinski definition) is 4. The van der Waals surface area contributed by atoms with Crippen LogP contribution in [0.15, 0.2) is 36.5 Å². The summed E-state index contributed by atoms with van der Waals surface area (Å²) < 4.78 is 42.2. The van der Waals surface area contributed by atoms with Crippen molar-refractivity contribution < 1.29 is 17.9 Å². The van der Waals surface area contributed by atoms with Gasteiger partial charge in [-0.25, -0.2) is 4.98 Å². The molecule has 0 amide bonds. The van der Waals surface area contributed by atoms with Crippen LogP contribution in [0.1, 0.15) is 11.1 Å². The van der Waals surface area contributed by atoms with Gasteiger partial charge in [0.2, 0.25) is 0 Å². The number of nitrogens with one attached hydrogen (secondary N) is 1. The summed E-state index contributed by atoms with van der Waals surface area (Å²) >= 11 is 0. The lowest BCUT2D eigenvalue weighted by molar-refractivity contribution is -0.137. The van der Waals surface area contributed by atoms with Crippen molar-refractivity contribution in [2.45, 2.75) is 12.7 Å². The first-order valence-corrected chi connectivity index (χ1v) is 6.09. The summed E-state index contributed by atoms with van der Waals surface area (Å²) in [6, 6.07) is 7.54. The van der Waals surface area contributed by atoms with E-state index in [0.29, 0.717) is 23.8 Å². The molecule has 2 rings (SSSR count). The van der Waals surface area contributed by atoms with E-state index in [9.17, 15) is 13.2 Å². The molecule has 0 saturated heterocycles. The minimum Gasteiger partial charge on any atom is -0.495 e. The van der Waals surface area contributed by atoms with Gasteiger partial charge in [-0.15, -0.1) is 0 Å². The zero-order valence-corrected chi connectivity index (χ0v) is 11.2. The number of halogens is 3. The molecule has 1 aromatic heterocycles. The van der Waals surface area contributed by atoms with Gasteiger partial charge in [0, 0.05) is 12.7 Å². The standard InChI is InChI=1S/C14H14F3N3O/c1-21-12-4-2-9(6-11(12)18)7-19-13-5-3-10(8-20-13)14(15,16)17/h2-6,8H,7,18H2,1H3,(H,19,20). The van der Waals surface area contributed by atoms with Gasteiger partial charge in [0.05, 0.1) is 18.4 Å². The lowest BCUT2D eigenvalue weighted by Crippen LogP contribution is -2.07. The van der Waals surface area contributed by atoms with E-state index >= 15 is 0 Å². The molecule has 7 heteroatoms. The van der Waals surface area contributed by atoms with E-state index in [1.165, 1.54) is 13.2 Å². The Kier molecular flexibility index (Phi) is 4.21. The summed E-state index contributed by atoms with van der Waals surface area (Å²) in [7, 11) is 1.52. The zero-order valence-electron chi connectivity index (χ0n) is 11.2. The Morgan fingerprint density at radius 2 is 2.00 bits per heavy atom. The van der Waals surface area contributed by atoms with Crippen LogP contribution in [0.4, 0.5) is 24.7 Å². The van der Waals surface area contributed by atoms with Gasteiger partial charge in [0.25, 0.3) is 0 Å². The Bertz CT molecular complexity index is 612. The minimum atomic E-state index is -4.38. The fourth-order valence-corrected chi connectivity index (χ4v) is 1.75. The normalized spacial score (nSPS) is 11.2.